The van der Waals surface area contributed by atoms with Gasteiger partial charge in [-0.25, -0.2) is 0 Å². The lowest BCUT2D eigenvalue weighted by Gasteiger charge is -2.21. The molecule has 25 heavy (non-hydrogen) atoms. The first-order chi connectivity index (χ1) is 12.0. The highest BCUT2D eigenvalue weighted by Crippen LogP contribution is 2.25. The van der Waals surface area contributed by atoms with Crippen LogP contribution in [-0.2, 0) is 4.79 Å². The first-order valence-electron chi connectivity index (χ1n) is 7.98. The maximum atomic E-state index is 10.7. The Bertz CT molecular complexity index is 797. The number of hydrogen-bond acceptors (Lipinski definition) is 4. The van der Waals surface area contributed by atoms with E-state index >= 15 is 0 Å². The summed E-state index contributed by atoms with van der Waals surface area (Å²) in [5, 5.41) is 16.2. The molecule has 0 saturated heterocycles. The third-order valence-corrected chi connectivity index (χ3v) is 4.13. The van der Waals surface area contributed by atoms with Crippen LogP contribution in [0.5, 0.6) is 0 Å². The van der Waals surface area contributed by atoms with Crippen LogP contribution in [0.3, 0.4) is 0 Å². The van der Waals surface area contributed by atoms with Gasteiger partial charge in [-0.1, -0.05) is 36.4 Å². The Morgan fingerprint density at radius 1 is 1.04 bits per heavy atom. The Balaban J connectivity index is 1.66. The van der Waals surface area contributed by atoms with Crippen LogP contribution in [0.4, 0.5) is 5.69 Å². The van der Waals surface area contributed by atoms with Gasteiger partial charge in [0.25, 0.3) is 0 Å². The molecule has 1 aliphatic rings. The van der Waals surface area contributed by atoms with E-state index in [4.69, 9.17) is 16.2 Å². The second-order valence-electron chi connectivity index (χ2n) is 5.90. The van der Waals surface area contributed by atoms with E-state index in [9.17, 15) is 4.79 Å². The van der Waals surface area contributed by atoms with Gasteiger partial charge in [0.2, 0.25) is 0 Å². The number of nitrogen functional groups attached to an aromatic ring is 1. The zero-order chi connectivity index (χ0) is 17.8. The molecule has 0 fully saturated rings. The molecule has 6 nitrogen and oxygen atoms in total. The van der Waals surface area contributed by atoms with Crippen LogP contribution < -0.4 is 10.6 Å². The van der Waals surface area contributed by atoms with Gasteiger partial charge in [-0.15, -0.1) is 0 Å². The minimum Gasteiger partial charge on any atom is -0.481 e. The molecule has 1 heterocycles. The number of rotatable bonds is 6. The summed E-state index contributed by atoms with van der Waals surface area (Å²) in [4.78, 5) is 14.7. The molecule has 0 atom stereocenters. The number of amidine groups is 1. The number of carboxylic acid groups (broad SMARTS) is 1. The Kier molecular flexibility index (Phi) is 4.70. The zero-order valence-corrected chi connectivity index (χ0v) is 13.7. The molecule has 1 aliphatic heterocycles. The average molecular weight is 336 g/mol. The Labute approximate surface area is 146 Å². The normalized spacial score (nSPS) is 13.3. The summed E-state index contributed by atoms with van der Waals surface area (Å²) in [6.07, 6.45) is 4.00. The molecule has 0 aromatic heterocycles. The van der Waals surface area contributed by atoms with Crippen molar-refractivity contribution in [2.75, 3.05) is 18.1 Å². The first kappa shape index (κ1) is 16.6. The summed E-state index contributed by atoms with van der Waals surface area (Å²) in [6.45, 7) is 1.16. The van der Waals surface area contributed by atoms with Gasteiger partial charge in [-0.3, -0.25) is 10.2 Å². The quantitative estimate of drug-likeness (QED) is 0.557. The van der Waals surface area contributed by atoms with Crippen molar-refractivity contribution in [1.29, 1.82) is 5.41 Å². The average Bonchev–Trinajstić information content (AvgIpc) is 3.09. The van der Waals surface area contributed by atoms with Crippen molar-refractivity contribution in [2.24, 2.45) is 5.73 Å². The highest BCUT2D eigenvalue weighted by atomic mass is 16.4. The predicted octanol–water partition coefficient (Wildman–Crippen LogP) is 2.66. The SMILES string of the molecule is N=C(N)c1ccc(-c2ccc(N3C=CN(CCC(=O)O)C3)cc2)cc1. The third-order valence-electron chi connectivity index (χ3n) is 4.13. The van der Waals surface area contributed by atoms with Gasteiger partial charge >= 0.3 is 5.97 Å². The molecule has 0 spiro atoms. The van der Waals surface area contributed by atoms with Crippen LogP contribution in [0.2, 0.25) is 0 Å². The van der Waals surface area contributed by atoms with Gasteiger partial charge in [0, 0.05) is 30.2 Å². The maximum Gasteiger partial charge on any atom is 0.305 e. The van der Waals surface area contributed by atoms with Gasteiger partial charge in [0.15, 0.2) is 0 Å². The van der Waals surface area contributed by atoms with Gasteiger partial charge in [-0.2, -0.15) is 0 Å². The molecule has 0 aliphatic carbocycles. The molecule has 2 aromatic carbocycles. The summed E-state index contributed by atoms with van der Waals surface area (Å²) in [5.74, 6) is -0.720. The number of nitrogens with zero attached hydrogens (tertiary/aromatic N) is 2. The van der Waals surface area contributed by atoms with Crippen molar-refractivity contribution in [1.82, 2.24) is 4.90 Å². The molecule has 2 aromatic rings. The van der Waals surface area contributed by atoms with Gasteiger partial charge in [0.05, 0.1) is 13.1 Å². The van der Waals surface area contributed by atoms with Crippen LogP contribution in [0, 0.1) is 5.41 Å². The van der Waals surface area contributed by atoms with E-state index in [1.807, 2.05) is 65.8 Å². The molecule has 6 heteroatoms. The molecule has 128 valence electrons. The monoisotopic (exact) mass is 336 g/mol. The standard InChI is InChI=1S/C19H20N4O2/c20-19(21)16-3-1-14(2-4-16)15-5-7-17(8-6-15)23-12-11-22(13-23)10-9-18(24)25/h1-8,11-12H,9-10,13H2,(H3,20,21)(H,24,25). The van der Waals surface area contributed by atoms with Crippen LogP contribution in [0.15, 0.2) is 60.9 Å². The molecular weight excluding hydrogens is 316 g/mol. The van der Waals surface area contributed by atoms with Crippen molar-refractivity contribution in [3.05, 3.63) is 66.5 Å². The lowest BCUT2D eigenvalue weighted by Crippen LogP contribution is -2.26. The summed E-state index contributed by atoms with van der Waals surface area (Å²) in [5.41, 5.74) is 9.40. The minimum atomic E-state index is -0.785. The van der Waals surface area contributed by atoms with E-state index in [2.05, 4.69) is 4.90 Å². The second kappa shape index (κ2) is 7.09. The topological polar surface area (TPSA) is 93.7 Å². The Morgan fingerprint density at radius 2 is 1.64 bits per heavy atom. The molecular formula is C19H20N4O2. The van der Waals surface area contributed by atoms with Crippen molar-refractivity contribution in [2.45, 2.75) is 6.42 Å². The zero-order valence-electron chi connectivity index (χ0n) is 13.7. The van der Waals surface area contributed by atoms with Crippen LogP contribution in [0.1, 0.15) is 12.0 Å². The van der Waals surface area contributed by atoms with E-state index < -0.39 is 5.97 Å². The minimum absolute atomic E-state index is 0.0650. The number of carbonyl (C=O) groups is 1. The molecule has 0 saturated carbocycles. The fourth-order valence-corrected chi connectivity index (χ4v) is 2.70. The summed E-state index contributed by atoms with van der Waals surface area (Å²) < 4.78 is 0. The van der Waals surface area contributed by atoms with E-state index in [0.29, 0.717) is 18.8 Å². The lowest BCUT2D eigenvalue weighted by molar-refractivity contribution is -0.137. The maximum absolute atomic E-state index is 10.7. The highest BCUT2D eigenvalue weighted by molar-refractivity contribution is 5.95. The van der Waals surface area contributed by atoms with E-state index in [1.54, 1.807) is 0 Å². The third kappa shape index (κ3) is 3.98. The highest BCUT2D eigenvalue weighted by Gasteiger charge is 2.14. The smallest absolute Gasteiger partial charge is 0.305 e. The fourth-order valence-electron chi connectivity index (χ4n) is 2.70. The number of anilines is 1. The molecule has 4 N–H and O–H groups in total. The lowest BCUT2D eigenvalue weighted by atomic mass is 10.0. The molecule has 3 rings (SSSR count). The Hall–Kier alpha value is -3.28. The number of aliphatic carboxylic acids is 1. The summed E-state index contributed by atoms with van der Waals surface area (Å²) >= 11 is 0. The van der Waals surface area contributed by atoms with Crippen molar-refractivity contribution >= 4 is 17.5 Å². The number of nitrogens with two attached hydrogens (primary N) is 1. The van der Waals surface area contributed by atoms with Crippen molar-refractivity contribution in [3.63, 3.8) is 0 Å². The predicted molar refractivity (Wildman–Crippen MR) is 98.3 cm³/mol. The fraction of sp³-hybridized carbons (Fsp3) is 0.158. The summed E-state index contributed by atoms with van der Waals surface area (Å²) in [6, 6.07) is 15.8. The van der Waals surface area contributed by atoms with Gasteiger partial charge in [-0.05, 0) is 23.3 Å². The molecule has 0 amide bonds. The number of nitrogens with one attached hydrogen (secondary N) is 1. The molecule has 0 unspecified atom stereocenters. The van der Waals surface area contributed by atoms with Crippen molar-refractivity contribution in [3.8, 4) is 11.1 Å². The molecule has 0 radical (unpaired) electrons. The van der Waals surface area contributed by atoms with Gasteiger partial charge in [0.1, 0.15) is 5.84 Å². The largest absolute Gasteiger partial charge is 0.481 e. The van der Waals surface area contributed by atoms with E-state index in [0.717, 1.165) is 16.8 Å². The van der Waals surface area contributed by atoms with Gasteiger partial charge < -0.3 is 20.6 Å². The second-order valence-corrected chi connectivity index (χ2v) is 5.90. The van der Waals surface area contributed by atoms with Crippen LogP contribution in [-0.4, -0.2) is 35.0 Å². The Morgan fingerprint density at radius 3 is 2.20 bits per heavy atom. The van der Waals surface area contributed by atoms with E-state index in [1.165, 1.54) is 0 Å². The van der Waals surface area contributed by atoms with Crippen LogP contribution in [0.25, 0.3) is 11.1 Å². The number of carboxylic acids is 1. The first-order valence-corrected chi connectivity index (χ1v) is 7.98. The summed E-state index contributed by atoms with van der Waals surface area (Å²) in [7, 11) is 0. The van der Waals surface area contributed by atoms with Crippen LogP contribution >= 0.6 is 0 Å². The molecule has 0 bridgehead atoms. The van der Waals surface area contributed by atoms with Crippen molar-refractivity contribution < 1.29 is 9.90 Å². The number of benzene rings is 2. The van der Waals surface area contributed by atoms with E-state index in [-0.39, 0.29) is 12.3 Å². The number of hydrogen-bond donors (Lipinski definition) is 3.